The van der Waals surface area contributed by atoms with Gasteiger partial charge in [0.15, 0.2) is 11.7 Å². The molecular weight excluding hydrogens is 332 g/mol. The molecule has 1 amide bonds. The zero-order valence-corrected chi connectivity index (χ0v) is 16.2. The summed E-state index contributed by atoms with van der Waals surface area (Å²) in [6.07, 6.45) is 3.24. The summed E-state index contributed by atoms with van der Waals surface area (Å²) in [7, 11) is 0. The van der Waals surface area contributed by atoms with E-state index in [1.807, 2.05) is 31.2 Å². The highest BCUT2D eigenvalue weighted by atomic mass is 32.1. The van der Waals surface area contributed by atoms with E-state index >= 15 is 0 Å². The number of hydrogen-bond donors (Lipinski definition) is 1. The molecular formula is C20H26N2O2S. The molecule has 0 fully saturated rings. The number of ether oxygens (including phenoxy) is 1. The van der Waals surface area contributed by atoms with Gasteiger partial charge >= 0.3 is 0 Å². The van der Waals surface area contributed by atoms with E-state index in [1.54, 1.807) is 11.3 Å². The van der Waals surface area contributed by atoms with E-state index in [-0.39, 0.29) is 12.5 Å². The second-order valence-electron chi connectivity index (χ2n) is 7.84. The largest absolute Gasteiger partial charge is 0.484 e. The SMILES string of the molecule is Cc1ccc(OCC(=O)Nc2nc3c(s2)CC(C(C)(C)C)CC3)cc1. The Labute approximate surface area is 153 Å². The van der Waals surface area contributed by atoms with Crippen LogP contribution in [0.5, 0.6) is 5.75 Å². The summed E-state index contributed by atoms with van der Waals surface area (Å²) >= 11 is 1.61. The molecule has 3 rings (SSSR count). The van der Waals surface area contributed by atoms with E-state index in [0.29, 0.717) is 22.2 Å². The van der Waals surface area contributed by atoms with E-state index in [1.165, 1.54) is 16.9 Å². The van der Waals surface area contributed by atoms with Crippen LogP contribution in [-0.4, -0.2) is 17.5 Å². The third kappa shape index (κ3) is 4.60. The van der Waals surface area contributed by atoms with Gasteiger partial charge in [-0.05, 0) is 49.7 Å². The molecule has 1 unspecified atom stereocenters. The average molecular weight is 359 g/mol. The van der Waals surface area contributed by atoms with Crippen LogP contribution in [0.3, 0.4) is 0 Å². The van der Waals surface area contributed by atoms with Crippen LogP contribution in [0.1, 0.15) is 43.3 Å². The van der Waals surface area contributed by atoms with Crippen LogP contribution in [0.2, 0.25) is 0 Å². The number of carbonyl (C=O) groups is 1. The van der Waals surface area contributed by atoms with Crippen molar-refractivity contribution in [3.8, 4) is 5.75 Å². The van der Waals surface area contributed by atoms with Gasteiger partial charge in [0.2, 0.25) is 0 Å². The monoisotopic (exact) mass is 358 g/mol. The topological polar surface area (TPSA) is 51.2 Å². The van der Waals surface area contributed by atoms with Crippen LogP contribution >= 0.6 is 11.3 Å². The fourth-order valence-corrected chi connectivity index (χ4v) is 4.21. The molecule has 1 N–H and O–H groups in total. The Kier molecular flexibility index (Phi) is 5.13. The first-order valence-corrected chi connectivity index (χ1v) is 9.61. The molecule has 0 saturated heterocycles. The maximum absolute atomic E-state index is 12.1. The molecule has 134 valence electrons. The number of nitrogens with one attached hydrogen (secondary N) is 1. The molecule has 0 radical (unpaired) electrons. The molecule has 4 nitrogen and oxygen atoms in total. The Hall–Kier alpha value is -1.88. The standard InChI is InChI=1S/C20H26N2O2S/c1-13-5-8-15(9-6-13)24-12-18(23)22-19-21-16-10-7-14(20(2,3)4)11-17(16)25-19/h5-6,8-9,14H,7,10-12H2,1-4H3,(H,21,22,23). The molecule has 0 spiro atoms. The van der Waals surface area contributed by atoms with E-state index in [0.717, 1.165) is 18.5 Å². The van der Waals surface area contributed by atoms with Crippen LogP contribution < -0.4 is 10.1 Å². The summed E-state index contributed by atoms with van der Waals surface area (Å²) in [5.41, 5.74) is 2.63. The molecule has 1 aliphatic rings. The summed E-state index contributed by atoms with van der Waals surface area (Å²) in [6.45, 7) is 8.92. The number of carbonyl (C=O) groups excluding carboxylic acids is 1. The number of rotatable bonds is 4. The predicted molar refractivity (Wildman–Crippen MR) is 102 cm³/mol. The number of hydrogen-bond acceptors (Lipinski definition) is 4. The normalized spacial score (nSPS) is 17.0. The lowest BCUT2D eigenvalue weighted by atomic mass is 9.73. The quantitative estimate of drug-likeness (QED) is 0.867. The van der Waals surface area contributed by atoms with Crippen LogP contribution in [0, 0.1) is 18.3 Å². The van der Waals surface area contributed by atoms with Gasteiger partial charge in [0.1, 0.15) is 5.75 Å². The fraction of sp³-hybridized carbons (Fsp3) is 0.500. The van der Waals surface area contributed by atoms with Gasteiger partial charge in [0, 0.05) is 4.88 Å². The van der Waals surface area contributed by atoms with Crippen molar-refractivity contribution >= 4 is 22.4 Å². The van der Waals surface area contributed by atoms with Crippen LogP contribution in [0.25, 0.3) is 0 Å². The third-order valence-electron chi connectivity index (χ3n) is 4.80. The first-order chi connectivity index (χ1) is 11.8. The van der Waals surface area contributed by atoms with E-state index in [9.17, 15) is 4.79 Å². The first-order valence-electron chi connectivity index (χ1n) is 8.79. The lowest BCUT2D eigenvalue weighted by Crippen LogP contribution is -2.26. The molecule has 2 aromatic rings. The van der Waals surface area contributed by atoms with Crippen LogP contribution in [0.15, 0.2) is 24.3 Å². The molecule has 1 aromatic carbocycles. The Balaban J connectivity index is 1.56. The molecule has 1 aromatic heterocycles. The minimum Gasteiger partial charge on any atom is -0.484 e. The summed E-state index contributed by atoms with van der Waals surface area (Å²) in [5, 5.41) is 3.57. The second-order valence-corrected chi connectivity index (χ2v) is 8.93. The van der Waals surface area contributed by atoms with Gasteiger partial charge in [-0.3, -0.25) is 10.1 Å². The fourth-order valence-electron chi connectivity index (χ4n) is 3.11. The van der Waals surface area contributed by atoms with Crippen molar-refractivity contribution in [2.75, 3.05) is 11.9 Å². The Bertz CT molecular complexity index is 744. The minimum atomic E-state index is -0.168. The number of aryl methyl sites for hydroxylation is 2. The summed E-state index contributed by atoms with van der Waals surface area (Å²) < 4.78 is 5.52. The number of anilines is 1. The number of nitrogens with zero attached hydrogens (tertiary/aromatic N) is 1. The van der Waals surface area contributed by atoms with Crippen LogP contribution in [-0.2, 0) is 17.6 Å². The van der Waals surface area contributed by atoms with Crippen LogP contribution in [0.4, 0.5) is 5.13 Å². The van der Waals surface area contributed by atoms with Gasteiger partial charge in [0.25, 0.3) is 5.91 Å². The van der Waals surface area contributed by atoms with E-state index in [4.69, 9.17) is 4.74 Å². The molecule has 0 aliphatic heterocycles. The molecule has 25 heavy (non-hydrogen) atoms. The third-order valence-corrected chi connectivity index (χ3v) is 5.84. The van der Waals surface area contributed by atoms with Gasteiger partial charge in [-0.15, -0.1) is 11.3 Å². The van der Waals surface area contributed by atoms with Gasteiger partial charge in [-0.25, -0.2) is 4.98 Å². The van der Waals surface area contributed by atoms with Crippen molar-refractivity contribution in [2.24, 2.45) is 11.3 Å². The van der Waals surface area contributed by atoms with Gasteiger partial charge in [-0.2, -0.15) is 0 Å². The van der Waals surface area contributed by atoms with E-state index in [2.05, 4.69) is 31.1 Å². The molecule has 0 saturated carbocycles. The lowest BCUT2D eigenvalue weighted by molar-refractivity contribution is -0.118. The summed E-state index contributed by atoms with van der Waals surface area (Å²) in [5.74, 6) is 1.21. The summed E-state index contributed by atoms with van der Waals surface area (Å²) in [6, 6.07) is 7.68. The minimum absolute atomic E-state index is 0.00206. The van der Waals surface area contributed by atoms with Crippen molar-refractivity contribution in [3.05, 3.63) is 40.4 Å². The highest BCUT2D eigenvalue weighted by Gasteiger charge is 2.30. The van der Waals surface area contributed by atoms with Crippen molar-refractivity contribution in [3.63, 3.8) is 0 Å². The summed E-state index contributed by atoms with van der Waals surface area (Å²) in [4.78, 5) is 18.0. The number of benzene rings is 1. The van der Waals surface area contributed by atoms with Crippen molar-refractivity contribution in [1.82, 2.24) is 4.98 Å². The Morgan fingerprint density at radius 1 is 1.32 bits per heavy atom. The zero-order valence-electron chi connectivity index (χ0n) is 15.4. The maximum atomic E-state index is 12.1. The number of thiazole rings is 1. The highest BCUT2D eigenvalue weighted by molar-refractivity contribution is 7.15. The van der Waals surface area contributed by atoms with E-state index < -0.39 is 0 Å². The zero-order chi connectivity index (χ0) is 18.0. The van der Waals surface area contributed by atoms with Gasteiger partial charge < -0.3 is 4.74 Å². The molecule has 0 bridgehead atoms. The maximum Gasteiger partial charge on any atom is 0.264 e. The molecule has 1 heterocycles. The smallest absolute Gasteiger partial charge is 0.264 e. The van der Waals surface area contributed by atoms with Gasteiger partial charge in [0.05, 0.1) is 5.69 Å². The molecule has 5 heteroatoms. The van der Waals surface area contributed by atoms with Crippen molar-refractivity contribution < 1.29 is 9.53 Å². The number of fused-ring (bicyclic) bond motifs is 1. The Morgan fingerprint density at radius 3 is 2.72 bits per heavy atom. The predicted octanol–water partition coefficient (Wildman–Crippen LogP) is 4.62. The average Bonchev–Trinajstić information content (AvgIpc) is 2.94. The van der Waals surface area contributed by atoms with Gasteiger partial charge in [-0.1, -0.05) is 38.5 Å². The van der Waals surface area contributed by atoms with Crippen molar-refractivity contribution in [2.45, 2.75) is 47.0 Å². The Morgan fingerprint density at radius 2 is 2.04 bits per heavy atom. The second kappa shape index (κ2) is 7.16. The number of amides is 1. The molecule has 1 atom stereocenters. The van der Waals surface area contributed by atoms with Crippen molar-refractivity contribution in [1.29, 1.82) is 0 Å². The highest BCUT2D eigenvalue weighted by Crippen LogP contribution is 2.40. The number of aromatic nitrogens is 1. The lowest BCUT2D eigenvalue weighted by Gasteiger charge is -2.33. The first kappa shape index (κ1) is 17.9. The molecule has 1 aliphatic carbocycles.